The number of fused-ring (bicyclic) bond motifs is 1. The van der Waals surface area contributed by atoms with Crippen LogP contribution in [0.5, 0.6) is 11.5 Å². The summed E-state index contributed by atoms with van der Waals surface area (Å²) in [4.78, 5) is 8.83. The second kappa shape index (κ2) is 9.74. The van der Waals surface area contributed by atoms with Crippen molar-refractivity contribution in [3.05, 3.63) is 95.3 Å². The van der Waals surface area contributed by atoms with E-state index in [1.165, 1.54) is 0 Å². The van der Waals surface area contributed by atoms with Crippen LogP contribution < -0.4 is 15.4 Å². The van der Waals surface area contributed by atoms with E-state index in [1.54, 1.807) is 6.33 Å². The van der Waals surface area contributed by atoms with Crippen molar-refractivity contribution < 1.29 is 4.74 Å². The molecule has 0 saturated heterocycles. The zero-order chi connectivity index (χ0) is 22.5. The molecule has 0 atom stereocenters. The quantitative estimate of drug-likeness (QED) is 0.367. The minimum atomic E-state index is 0.503. The smallest absolute Gasteiger partial charge is 0.146 e. The van der Waals surface area contributed by atoms with Gasteiger partial charge >= 0.3 is 0 Å². The van der Waals surface area contributed by atoms with Crippen LogP contribution in [0.2, 0.25) is 5.02 Å². The van der Waals surface area contributed by atoms with Gasteiger partial charge in [-0.2, -0.15) is 0 Å². The topological polar surface area (TPSA) is 59.1 Å². The van der Waals surface area contributed by atoms with Gasteiger partial charge in [0.1, 0.15) is 23.6 Å². The number of rotatable bonds is 4. The van der Waals surface area contributed by atoms with Crippen LogP contribution in [0.1, 0.15) is 12.0 Å². The third-order valence-corrected chi connectivity index (χ3v) is 5.49. The Balaban J connectivity index is 1.40. The van der Waals surface area contributed by atoms with E-state index < -0.39 is 0 Å². The summed E-state index contributed by atoms with van der Waals surface area (Å²) >= 11 is 6.48. The van der Waals surface area contributed by atoms with Gasteiger partial charge in [-0.25, -0.2) is 9.97 Å². The zero-order valence-electron chi connectivity index (χ0n) is 17.8. The molecule has 0 spiro atoms. The van der Waals surface area contributed by atoms with Gasteiger partial charge in [0, 0.05) is 28.8 Å². The molecule has 0 radical (unpaired) electrons. The van der Waals surface area contributed by atoms with Crippen molar-refractivity contribution >= 4 is 34.0 Å². The average molecular weight is 453 g/mol. The van der Waals surface area contributed by atoms with Gasteiger partial charge < -0.3 is 15.4 Å². The molecular formula is C27H21ClN4O. The molecule has 0 fully saturated rings. The number of nitrogens with zero attached hydrogens (tertiary/aromatic N) is 2. The third-order valence-electron chi connectivity index (χ3n) is 5.20. The second-order valence-electron chi connectivity index (χ2n) is 7.58. The first-order valence-corrected chi connectivity index (χ1v) is 11.1. The van der Waals surface area contributed by atoms with E-state index >= 15 is 0 Å². The van der Waals surface area contributed by atoms with E-state index in [4.69, 9.17) is 16.3 Å². The molecule has 162 valence electrons. The monoisotopic (exact) mass is 452 g/mol. The largest absolute Gasteiger partial charge is 0.456 e. The summed E-state index contributed by atoms with van der Waals surface area (Å²) in [5, 5.41) is 8.08. The molecule has 6 heteroatoms. The van der Waals surface area contributed by atoms with Gasteiger partial charge in [-0.3, -0.25) is 0 Å². The summed E-state index contributed by atoms with van der Waals surface area (Å²) in [6.07, 6.45) is 4.75. The number of anilines is 2. The van der Waals surface area contributed by atoms with Crippen molar-refractivity contribution in [2.75, 3.05) is 18.4 Å². The molecule has 5 nitrogen and oxygen atoms in total. The fraction of sp³-hybridized carbons (Fsp3) is 0.111. The normalized spacial score (nSPS) is 13.1. The molecule has 5 rings (SSSR count). The van der Waals surface area contributed by atoms with Crippen molar-refractivity contribution in [1.29, 1.82) is 0 Å². The van der Waals surface area contributed by atoms with Crippen LogP contribution in [0.15, 0.2) is 84.7 Å². The number of ether oxygens (including phenoxy) is 1. The van der Waals surface area contributed by atoms with Crippen molar-refractivity contribution in [3.8, 4) is 23.3 Å². The lowest BCUT2D eigenvalue weighted by Gasteiger charge is -2.12. The molecule has 1 aliphatic heterocycles. The summed E-state index contributed by atoms with van der Waals surface area (Å²) in [5.74, 6) is 8.53. The molecule has 0 amide bonds. The van der Waals surface area contributed by atoms with E-state index in [2.05, 4.69) is 38.5 Å². The van der Waals surface area contributed by atoms with Crippen LogP contribution in [0.4, 0.5) is 11.5 Å². The maximum Gasteiger partial charge on any atom is 0.146 e. The maximum atomic E-state index is 6.48. The van der Waals surface area contributed by atoms with Crippen LogP contribution in [0.3, 0.4) is 0 Å². The Bertz CT molecular complexity index is 1390. The highest BCUT2D eigenvalue weighted by Gasteiger charge is 2.09. The highest BCUT2D eigenvalue weighted by molar-refractivity contribution is 6.32. The molecule has 0 saturated carbocycles. The van der Waals surface area contributed by atoms with E-state index in [1.807, 2.05) is 66.7 Å². The molecule has 0 aliphatic carbocycles. The number of para-hydroxylation sites is 1. The van der Waals surface area contributed by atoms with Crippen molar-refractivity contribution in [2.24, 2.45) is 0 Å². The first kappa shape index (κ1) is 21.0. The Hall–Kier alpha value is -3.85. The fourth-order valence-electron chi connectivity index (χ4n) is 3.54. The lowest BCUT2D eigenvalue weighted by molar-refractivity contribution is 0.483. The lowest BCUT2D eigenvalue weighted by atomic mass is 10.1. The molecule has 1 aromatic heterocycles. The molecule has 2 heterocycles. The van der Waals surface area contributed by atoms with Gasteiger partial charge in [0.25, 0.3) is 0 Å². The van der Waals surface area contributed by atoms with Crippen molar-refractivity contribution in [1.82, 2.24) is 15.3 Å². The Morgan fingerprint density at radius 3 is 2.70 bits per heavy atom. The Morgan fingerprint density at radius 1 is 0.970 bits per heavy atom. The average Bonchev–Trinajstić information content (AvgIpc) is 2.86. The standard InChI is InChI=1S/C27H21ClN4O/c28-24-16-21(11-13-26(24)33-22-6-2-1-3-7-22)32-27-23-15-19(10-12-25(23)30-18-31-27)8-9-20-5-4-14-29-17-20/h1-3,5-7,10-13,15-16,18,29H,4,14,17H2,(H,30,31,32). The van der Waals surface area contributed by atoms with Gasteiger partial charge in [0.15, 0.2) is 0 Å². The molecule has 1 aliphatic rings. The van der Waals surface area contributed by atoms with Crippen molar-refractivity contribution in [3.63, 3.8) is 0 Å². The first-order valence-electron chi connectivity index (χ1n) is 10.7. The third kappa shape index (κ3) is 5.15. The molecule has 4 aromatic rings. The molecule has 3 aromatic carbocycles. The first-order chi connectivity index (χ1) is 16.2. The van der Waals surface area contributed by atoms with E-state index in [0.717, 1.165) is 53.0 Å². The van der Waals surface area contributed by atoms with Gasteiger partial charge in [-0.15, -0.1) is 0 Å². The minimum absolute atomic E-state index is 0.503. The molecule has 0 bridgehead atoms. The summed E-state index contributed by atoms with van der Waals surface area (Å²) in [7, 11) is 0. The Labute approximate surface area is 197 Å². The number of hydrogen-bond donors (Lipinski definition) is 2. The number of hydrogen-bond acceptors (Lipinski definition) is 5. The number of benzene rings is 3. The second-order valence-corrected chi connectivity index (χ2v) is 7.99. The predicted octanol–water partition coefficient (Wildman–Crippen LogP) is 6.09. The summed E-state index contributed by atoms with van der Waals surface area (Å²) in [5.41, 5.74) is 3.68. The van der Waals surface area contributed by atoms with Crippen LogP contribution in [0, 0.1) is 11.8 Å². The molecular weight excluding hydrogens is 432 g/mol. The maximum absolute atomic E-state index is 6.48. The Morgan fingerprint density at radius 2 is 1.88 bits per heavy atom. The minimum Gasteiger partial charge on any atom is -0.456 e. The molecule has 2 N–H and O–H groups in total. The zero-order valence-corrected chi connectivity index (χ0v) is 18.6. The predicted molar refractivity (Wildman–Crippen MR) is 133 cm³/mol. The number of nitrogens with one attached hydrogen (secondary N) is 2. The molecule has 33 heavy (non-hydrogen) atoms. The van der Waals surface area contributed by atoms with Crippen LogP contribution in [-0.2, 0) is 0 Å². The van der Waals surface area contributed by atoms with E-state index in [-0.39, 0.29) is 0 Å². The van der Waals surface area contributed by atoms with Crippen molar-refractivity contribution in [2.45, 2.75) is 6.42 Å². The SMILES string of the molecule is Clc1cc(Nc2ncnc3ccc(C#CC4=CCCNC4)cc23)ccc1Oc1ccccc1. The van der Waals surface area contributed by atoms with E-state index in [9.17, 15) is 0 Å². The number of halogens is 1. The summed E-state index contributed by atoms with van der Waals surface area (Å²) in [6, 6.07) is 21.1. The fourth-order valence-corrected chi connectivity index (χ4v) is 3.76. The van der Waals surface area contributed by atoms with Gasteiger partial charge in [-0.1, -0.05) is 47.7 Å². The Kier molecular flexibility index (Phi) is 6.21. The van der Waals surface area contributed by atoms with Gasteiger partial charge in [0.05, 0.1) is 10.5 Å². The summed E-state index contributed by atoms with van der Waals surface area (Å²) < 4.78 is 5.87. The molecule has 0 unspecified atom stereocenters. The lowest BCUT2D eigenvalue weighted by Crippen LogP contribution is -2.21. The van der Waals surface area contributed by atoms with Gasteiger partial charge in [0.2, 0.25) is 0 Å². The van der Waals surface area contributed by atoms with Gasteiger partial charge in [-0.05, 0) is 61.5 Å². The van der Waals surface area contributed by atoms with Crippen LogP contribution in [0.25, 0.3) is 10.9 Å². The highest BCUT2D eigenvalue weighted by atomic mass is 35.5. The highest BCUT2D eigenvalue weighted by Crippen LogP contribution is 2.33. The number of aromatic nitrogens is 2. The van der Waals surface area contributed by atoms with Crippen LogP contribution >= 0.6 is 11.6 Å². The summed E-state index contributed by atoms with van der Waals surface area (Å²) in [6.45, 7) is 1.83. The van der Waals surface area contributed by atoms with Crippen LogP contribution in [-0.4, -0.2) is 23.1 Å². The van der Waals surface area contributed by atoms with E-state index in [0.29, 0.717) is 16.6 Å².